The molecule has 1 spiro atoms. The van der Waals surface area contributed by atoms with Crippen LogP contribution in [0.4, 0.5) is 5.82 Å². The van der Waals surface area contributed by atoms with Gasteiger partial charge in [-0.2, -0.15) is 5.26 Å². The zero-order valence-electron chi connectivity index (χ0n) is 18.6. The van der Waals surface area contributed by atoms with Gasteiger partial charge < -0.3 is 14.5 Å². The SMILES string of the molecule is Cc1c(CCN2CCC3(CC2)CCN(c2ccc(C#N)nn2)CC3)ccc2c1COC2=O. The number of rotatable bonds is 4. The van der Waals surface area contributed by atoms with Gasteiger partial charge in [-0.05, 0) is 86.9 Å². The van der Waals surface area contributed by atoms with Crippen LogP contribution in [0.1, 0.15) is 58.4 Å². The molecule has 2 fully saturated rings. The van der Waals surface area contributed by atoms with Gasteiger partial charge in [-0.1, -0.05) is 6.07 Å². The number of nitriles is 1. The van der Waals surface area contributed by atoms with E-state index in [9.17, 15) is 4.79 Å². The summed E-state index contributed by atoms with van der Waals surface area (Å²) in [5.41, 5.74) is 5.19. The van der Waals surface area contributed by atoms with Crippen LogP contribution in [-0.4, -0.2) is 53.8 Å². The average molecular weight is 432 g/mol. The predicted octanol–water partition coefficient (Wildman–Crippen LogP) is 3.25. The first kappa shape index (κ1) is 20.9. The molecule has 32 heavy (non-hydrogen) atoms. The molecule has 4 heterocycles. The van der Waals surface area contributed by atoms with Crippen molar-refractivity contribution >= 4 is 11.8 Å². The van der Waals surface area contributed by atoms with Crippen LogP contribution in [0.25, 0.3) is 0 Å². The van der Waals surface area contributed by atoms with E-state index < -0.39 is 0 Å². The van der Waals surface area contributed by atoms with Crippen molar-refractivity contribution in [2.45, 2.75) is 45.6 Å². The minimum absolute atomic E-state index is 0.187. The normalized spacial score (nSPS) is 20.1. The second-order valence-corrected chi connectivity index (χ2v) is 9.42. The molecule has 0 atom stereocenters. The number of carbonyl (C=O) groups is 1. The van der Waals surface area contributed by atoms with Crippen molar-refractivity contribution in [3.8, 4) is 6.07 Å². The number of likely N-dealkylation sites (tertiary alicyclic amines) is 1. The van der Waals surface area contributed by atoms with E-state index in [1.807, 2.05) is 18.2 Å². The number of benzene rings is 1. The summed E-state index contributed by atoms with van der Waals surface area (Å²) in [7, 11) is 0. The van der Waals surface area contributed by atoms with E-state index in [-0.39, 0.29) is 5.97 Å². The van der Waals surface area contributed by atoms with E-state index in [2.05, 4.69) is 33.0 Å². The smallest absolute Gasteiger partial charge is 0.338 e. The molecular weight excluding hydrogens is 402 g/mol. The summed E-state index contributed by atoms with van der Waals surface area (Å²) in [6.45, 7) is 7.94. The highest BCUT2D eigenvalue weighted by Crippen LogP contribution is 2.42. The number of ether oxygens (including phenoxy) is 1. The fourth-order valence-corrected chi connectivity index (χ4v) is 5.46. The van der Waals surface area contributed by atoms with Crippen molar-refractivity contribution in [2.75, 3.05) is 37.6 Å². The van der Waals surface area contributed by atoms with E-state index >= 15 is 0 Å². The summed E-state index contributed by atoms with van der Waals surface area (Å²) in [6.07, 6.45) is 5.92. The van der Waals surface area contributed by atoms with Crippen LogP contribution in [-0.2, 0) is 17.8 Å². The Hall–Kier alpha value is -2.98. The zero-order chi connectivity index (χ0) is 22.1. The topological polar surface area (TPSA) is 82.3 Å². The molecule has 0 bridgehead atoms. The Kier molecular flexibility index (Phi) is 5.56. The first-order valence-corrected chi connectivity index (χ1v) is 11.6. The van der Waals surface area contributed by atoms with E-state index in [1.54, 1.807) is 6.07 Å². The summed E-state index contributed by atoms with van der Waals surface area (Å²) < 4.78 is 5.19. The van der Waals surface area contributed by atoms with E-state index in [0.717, 1.165) is 56.1 Å². The maximum atomic E-state index is 11.8. The van der Waals surface area contributed by atoms with Crippen molar-refractivity contribution in [1.82, 2.24) is 15.1 Å². The lowest BCUT2D eigenvalue weighted by Crippen LogP contribution is -2.47. The molecule has 5 rings (SSSR count). The fourth-order valence-electron chi connectivity index (χ4n) is 5.46. The zero-order valence-corrected chi connectivity index (χ0v) is 18.6. The van der Waals surface area contributed by atoms with Crippen molar-refractivity contribution in [3.05, 3.63) is 52.2 Å². The molecule has 0 unspecified atom stereocenters. The third-order valence-corrected chi connectivity index (χ3v) is 7.81. The molecule has 7 nitrogen and oxygen atoms in total. The molecule has 3 aliphatic heterocycles. The van der Waals surface area contributed by atoms with E-state index in [1.165, 1.54) is 36.8 Å². The van der Waals surface area contributed by atoms with Crippen molar-refractivity contribution in [3.63, 3.8) is 0 Å². The molecule has 2 aromatic rings. The Bertz CT molecular complexity index is 1040. The number of anilines is 1. The van der Waals surface area contributed by atoms with Crippen LogP contribution in [0.5, 0.6) is 0 Å². The first-order valence-electron chi connectivity index (χ1n) is 11.6. The number of hydrogen-bond acceptors (Lipinski definition) is 7. The number of fused-ring (bicyclic) bond motifs is 1. The average Bonchev–Trinajstić information content (AvgIpc) is 3.22. The largest absolute Gasteiger partial charge is 0.457 e. The third kappa shape index (κ3) is 3.95. The molecule has 0 N–H and O–H groups in total. The van der Waals surface area contributed by atoms with Crippen molar-refractivity contribution < 1.29 is 9.53 Å². The van der Waals surface area contributed by atoms with Crippen LogP contribution in [0.3, 0.4) is 0 Å². The molecule has 0 amide bonds. The number of piperidine rings is 2. The van der Waals surface area contributed by atoms with Gasteiger partial charge in [0.15, 0.2) is 11.5 Å². The van der Waals surface area contributed by atoms with E-state index in [0.29, 0.717) is 17.7 Å². The van der Waals surface area contributed by atoms with Crippen LogP contribution >= 0.6 is 0 Å². The molecule has 2 saturated heterocycles. The van der Waals surface area contributed by atoms with Crippen LogP contribution in [0.15, 0.2) is 24.3 Å². The van der Waals surface area contributed by atoms with Gasteiger partial charge >= 0.3 is 5.97 Å². The predicted molar refractivity (Wildman–Crippen MR) is 120 cm³/mol. The molecule has 0 saturated carbocycles. The number of aromatic nitrogens is 2. The second kappa shape index (κ2) is 8.51. The number of cyclic esters (lactones) is 1. The van der Waals surface area contributed by atoms with Crippen molar-refractivity contribution in [1.29, 1.82) is 5.26 Å². The quantitative estimate of drug-likeness (QED) is 0.687. The number of esters is 1. The Balaban J connectivity index is 1.12. The lowest BCUT2D eigenvalue weighted by molar-refractivity contribution is 0.0535. The minimum Gasteiger partial charge on any atom is -0.457 e. The lowest BCUT2D eigenvalue weighted by Gasteiger charge is -2.47. The van der Waals surface area contributed by atoms with Gasteiger partial charge in [-0.25, -0.2) is 4.79 Å². The summed E-state index contributed by atoms with van der Waals surface area (Å²) in [6, 6.07) is 9.73. The van der Waals surface area contributed by atoms with Gasteiger partial charge in [0.1, 0.15) is 12.7 Å². The lowest BCUT2D eigenvalue weighted by atomic mass is 9.71. The van der Waals surface area contributed by atoms with Crippen LogP contribution in [0, 0.1) is 23.7 Å². The minimum atomic E-state index is -0.187. The first-order chi connectivity index (χ1) is 15.6. The summed E-state index contributed by atoms with van der Waals surface area (Å²) in [5.74, 6) is 0.696. The van der Waals surface area contributed by atoms with Gasteiger partial charge in [-0.15, -0.1) is 10.2 Å². The Morgan fingerprint density at radius 2 is 1.81 bits per heavy atom. The summed E-state index contributed by atoms with van der Waals surface area (Å²) in [5, 5.41) is 17.1. The monoisotopic (exact) mass is 431 g/mol. The number of carbonyl (C=O) groups excluding carboxylic acids is 1. The number of hydrogen-bond donors (Lipinski definition) is 0. The Morgan fingerprint density at radius 1 is 1.06 bits per heavy atom. The Morgan fingerprint density at radius 3 is 2.50 bits per heavy atom. The fraction of sp³-hybridized carbons (Fsp3) is 0.520. The molecular formula is C25H29N5O2. The van der Waals surface area contributed by atoms with Crippen LogP contribution in [0.2, 0.25) is 0 Å². The number of nitrogens with zero attached hydrogens (tertiary/aromatic N) is 5. The van der Waals surface area contributed by atoms with Gasteiger partial charge in [0.2, 0.25) is 0 Å². The maximum Gasteiger partial charge on any atom is 0.338 e. The highest BCUT2D eigenvalue weighted by Gasteiger charge is 2.37. The van der Waals surface area contributed by atoms with Crippen LogP contribution < -0.4 is 4.90 Å². The highest BCUT2D eigenvalue weighted by atomic mass is 16.5. The van der Waals surface area contributed by atoms with Crippen molar-refractivity contribution in [2.24, 2.45) is 5.41 Å². The summed E-state index contributed by atoms with van der Waals surface area (Å²) in [4.78, 5) is 16.7. The van der Waals surface area contributed by atoms with E-state index in [4.69, 9.17) is 10.00 Å². The maximum absolute atomic E-state index is 11.8. The second-order valence-electron chi connectivity index (χ2n) is 9.42. The molecule has 166 valence electrons. The molecule has 1 aromatic carbocycles. The molecule has 7 heteroatoms. The van der Waals surface area contributed by atoms with Gasteiger partial charge in [0.05, 0.1) is 5.56 Å². The molecule has 0 radical (unpaired) electrons. The van der Waals surface area contributed by atoms with Gasteiger partial charge in [0.25, 0.3) is 0 Å². The molecule has 3 aliphatic rings. The van der Waals surface area contributed by atoms with Gasteiger partial charge in [-0.3, -0.25) is 0 Å². The summed E-state index contributed by atoms with van der Waals surface area (Å²) >= 11 is 0. The standard InChI is InChI=1S/C25H29N5O2/c1-18-19(2-4-21-22(18)17-32-24(21)31)6-11-29-12-7-25(8-13-29)9-14-30(15-10-25)23-5-3-20(16-26)27-28-23/h2-5H,6-15,17H2,1H3. The highest BCUT2D eigenvalue weighted by molar-refractivity contribution is 5.93. The molecule has 0 aliphatic carbocycles. The van der Waals surface area contributed by atoms with Gasteiger partial charge in [0, 0.05) is 25.2 Å². The Labute approximate surface area is 189 Å². The third-order valence-electron chi connectivity index (χ3n) is 7.81. The molecule has 1 aromatic heterocycles.